The highest BCUT2D eigenvalue weighted by molar-refractivity contribution is 5.56. The summed E-state index contributed by atoms with van der Waals surface area (Å²) in [6, 6.07) is 3.18. The van der Waals surface area contributed by atoms with E-state index in [-0.39, 0.29) is 23.4 Å². The molecule has 0 aliphatic heterocycles. The van der Waals surface area contributed by atoms with Crippen LogP contribution in [0.4, 0.5) is 49.6 Å². The van der Waals surface area contributed by atoms with E-state index >= 15 is 0 Å². The van der Waals surface area contributed by atoms with Crippen LogP contribution in [0, 0.1) is 10.1 Å². The molecule has 0 radical (unpaired) electrons. The second-order valence-electron chi connectivity index (χ2n) is 6.07. The number of aromatic nitrogens is 3. The Morgan fingerprint density at radius 2 is 1.50 bits per heavy atom. The summed E-state index contributed by atoms with van der Waals surface area (Å²) < 4.78 is 80.6. The highest BCUT2D eigenvalue weighted by atomic mass is 19.4. The number of rotatable bonds is 7. The fraction of sp³-hybridized carbons (Fsp3) is 0.400. The lowest BCUT2D eigenvalue weighted by molar-refractivity contribution is -0.384. The monoisotopic (exact) mass is 440 g/mol. The van der Waals surface area contributed by atoms with Gasteiger partial charge in [0.15, 0.2) is 0 Å². The number of nitro benzene ring substituents is 1. The predicted octanol–water partition coefficient (Wildman–Crippen LogP) is 4.22. The van der Waals surface area contributed by atoms with E-state index in [0.29, 0.717) is 0 Å². The number of nitro groups is 1. The molecule has 30 heavy (non-hydrogen) atoms. The fourth-order valence-electron chi connectivity index (χ4n) is 2.01. The predicted molar refractivity (Wildman–Crippen MR) is 91.5 cm³/mol. The lowest BCUT2D eigenvalue weighted by Crippen LogP contribution is -2.47. The van der Waals surface area contributed by atoms with Gasteiger partial charge in [-0.3, -0.25) is 10.1 Å². The Kier molecular flexibility index (Phi) is 6.52. The van der Waals surface area contributed by atoms with Crippen LogP contribution in [0.2, 0.25) is 0 Å². The maximum Gasteiger partial charge on any atom is 0.434 e. The van der Waals surface area contributed by atoms with Gasteiger partial charge in [-0.2, -0.15) is 41.3 Å². The van der Waals surface area contributed by atoms with Crippen LogP contribution >= 0.6 is 0 Å². The molecule has 1 aromatic heterocycles. The highest BCUT2D eigenvalue weighted by Gasteiger charge is 2.59. The zero-order chi connectivity index (χ0) is 22.7. The molecule has 2 aromatic rings. The number of nitrogens with zero attached hydrogens (tertiary/aromatic N) is 4. The number of hydrogen-bond donors (Lipinski definition) is 2. The molecule has 9 nitrogen and oxygen atoms in total. The van der Waals surface area contributed by atoms with E-state index < -0.39 is 35.3 Å². The molecule has 0 aliphatic carbocycles. The number of nitrogens with one attached hydrogen (secondary N) is 2. The van der Waals surface area contributed by atoms with E-state index in [9.17, 15) is 36.5 Å². The van der Waals surface area contributed by atoms with Crippen molar-refractivity contribution in [2.45, 2.75) is 38.3 Å². The van der Waals surface area contributed by atoms with Gasteiger partial charge in [0.25, 0.3) is 11.8 Å². The van der Waals surface area contributed by atoms with E-state index in [1.807, 2.05) is 0 Å². The molecule has 0 spiro atoms. The Morgan fingerprint density at radius 3 is 1.97 bits per heavy atom. The number of ether oxygens (including phenoxy) is 1. The van der Waals surface area contributed by atoms with Gasteiger partial charge in [0.2, 0.25) is 11.9 Å². The molecule has 1 aromatic carbocycles. The van der Waals surface area contributed by atoms with Gasteiger partial charge in [-0.05, 0) is 26.0 Å². The Morgan fingerprint density at radius 1 is 0.967 bits per heavy atom. The van der Waals surface area contributed by atoms with Gasteiger partial charge in [-0.25, -0.2) is 0 Å². The lowest BCUT2D eigenvalue weighted by Gasteiger charge is -2.23. The third kappa shape index (κ3) is 6.31. The summed E-state index contributed by atoms with van der Waals surface area (Å²) in [5, 5.41) is 15.8. The van der Waals surface area contributed by atoms with Crippen molar-refractivity contribution in [1.82, 2.24) is 15.0 Å². The third-order valence-electron chi connectivity index (χ3n) is 3.18. The van der Waals surface area contributed by atoms with Crippen LogP contribution in [0.1, 0.15) is 13.8 Å². The van der Waals surface area contributed by atoms with E-state index in [1.54, 1.807) is 13.8 Å². The average molecular weight is 440 g/mol. The Balaban J connectivity index is 2.37. The van der Waals surface area contributed by atoms with E-state index in [0.717, 1.165) is 12.1 Å². The van der Waals surface area contributed by atoms with E-state index in [4.69, 9.17) is 0 Å². The third-order valence-corrected chi connectivity index (χ3v) is 3.18. The smallest absolute Gasteiger partial charge is 0.434 e. The molecule has 0 saturated heterocycles. The summed E-state index contributed by atoms with van der Waals surface area (Å²) in [5.41, 5.74) is -0.0583. The number of alkyl halides is 6. The van der Waals surface area contributed by atoms with Crippen LogP contribution in [-0.2, 0) is 0 Å². The van der Waals surface area contributed by atoms with Crippen molar-refractivity contribution in [3.8, 4) is 6.01 Å². The van der Waals surface area contributed by atoms with Gasteiger partial charge in [0, 0.05) is 23.9 Å². The van der Waals surface area contributed by atoms with Crippen molar-refractivity contribution in [2.24, 2.45) is 0 Å². The standard InChI is InChI=1S/C15H14F6N6O3/c1-7(2)22-11-24-12(23-8-3-5-9(6-4-8)27(28)29)26-13(25-11)30-10(14(16,17)18)15(19,20)21/h3-7,10H,1-2H3,(H2,22,23,24,25,26). The molecule has 0 aliphatic rings. The minimum Gasteiger partial charge on any atom is -0.440 e. The second kappa shape index (κ2) is 8.54. The normalized spacial score (nSPS) is 12.2. The molecule has 2 N–H and O–H groups in total. The quantitative estimate of drug-likeness (QED) is 0.374. The van der Waals surface area contributed by atoms with E-state index in [2.05, 4.69) is 30.3 Å². The van der Waals surface area contributed by atoms with Crippen LogP contribution < -0.4 is 15.4 Å². The Labute approximate surface area is 164 Å². The van der Waals surface area contributed by atoms with Gasteiger partial charge < -0.3 is 15.4 Å². The van der Waals surface area contributed by atoms with Gasteiger partial charge in [0.05, 0.1) is 4.92 Å². The molecule has 1 heterocycles. The Bertz CT molecular complexity index is 874. The number of hydrogen-bond acceptors (Lipinski definition) is 8. The molecule has 0 saturated carbocycles. The van der Waals surface area contributed by atoms with Crippen molar-refractivity contribution >= 4 is 23.3 Å². The van der Waals surface area contributed by atoms with Crippen molar-refractivity contribution in [3.63, 3.8) is 0 Å². The summed E-state index contributed by atoms with van der Waals surface area (Å²) in [6.45, 7) is 3.25. The van der Waals surface area contributed by atoms with Gasteiger partial charge >= 0.3 is 18.4 Å². The molecule has 15 heteroatoms. The number of anilines is 3. The zero-order valence-electron chi connectivity index (χ0n) is 15.2. The molecule has 2 rings (SSSR count). The maximum atomic E-state index is 12.8. The molecule has 0 unspecified atom stereocenters. The highest BCUT2D eigenvalue weighted by Crippen LogP contribution is 2.36. The summed E-state index contributed by atoms with van der Waals surface area (Å²) >= 11 is 0. The van der Waals surface area contributed by atoms with Crippen molar-refractivity contribution in [3.05, 3.63) is 34.4 Å². The van der Waals surface area contributed by atoms with Crippen LogP contribution in [0.5, 0.6) is 6.01 Å². The largest absolute Gasteiger partial charge is 0.440 e. The minimum atomic E-state index is -5.76. The van der Waals surface area contributed by atoms with Crippen molar-refractivity contribution < 1.29 is 36.0 Å². The fourth-order valence-corrected chi connectivity index (χ4v) is 2.01. The van der Waals surface area contributed by atoms with Crippen LogP contribution in [0.25, 0.3) is 0 Å². The van der Waals surface area contributed by atoms with Crippen LogP contribution in [0.15, 0.2) is 24.3 Å². The van der Waals surface area contributed by atoms with Crippen LogP contribution in [-0.4, -0.2) is 44.4 Å². The first-order valence-corrected chi connectivity index (χ1v) is 8.10. The minimum absolute atomic E-state index is 0.177. The molecule has 0 fully saturated rings. The van der Waals surface area contributed by atoms with Gasteiger partial charge in [-0.15, -0.1) is 0 Å². The molecular formula is C15H14F6N6O3. The maximum absolute atomic E-state index is 12.8. The number of non-ortho nitro benzene ring substituents is 1. The SMILES string of the molecule is CC(C)Nc1nc(Nc2ccc([N+](=O)[O-])cc2)nc(OC(C(F)(F)F)C(F)(F)F)n1. The average Bonchev–Trinajstić information content (AvgIpc) is 2.57. The summed E-state index contributed by atoms with van der Waals surface area (Å²) in [5.74, 6) is -0.789. The second-order valence-corrected chi connectivity index (χ2v) is 6.07. The first-order chi connectivity index (χ1) is 13.8. The molecule has 0 amide bonds. The lowest BCUT2D eigenvalue weighted by atomic mass is 10.3. The number of halogens is 6. The number of benzene rings is 1. The van der Waals surface area contributed by atoms with Crippen LogP contribution in [0.3, 0.4) is 0 Å². The molecule has 0 bridgehead atoms. The first-order valence-electron chi connectivity index (χ1n) is 8.10. The first kappa shape index (κ1) is 22.9. The van der Waals surface area contributed by atoms with Gasteiger partial charge in [-0.1, -0.05) is 0 Å². The zero-order valence-corrected chi connectivity index (χ0v) is 15.2. The summed E-state index contributed by atoms with van der Waals surface area (Å²) in [6.07, 6.45) is -15.7. The van der Waals surface area contributed by atoms with Gasteiger partial charge in [0.1, 0.15) is 0 Å². The van der Waals surface area contributed by atoms with E-state index in [1.165, 1.54) is 12.1 Å². The molecule has 0 atom stereocenters. The molecule has 164 valence electrons. The molecular weight excluding hydrogens is 426 g/mol. The van der Waals surface area contributed by atoms with Crippen molar-refractivity contribution in [2.75, 3.05) is 10.6 Å². The topological polar surface area (TPSA) is 115 Å². The van der Waals surface area contributed by atoms with Crippen molar-refractivity contribution in [1.29, 1.82) is 0 Å². The Hall–Kier alpha value is -3.39. The summed E-state index contributed by atoms with van der Waals surface area (Å²) in [7, 11) is 0. The summed E-state index contributed by atoms with van der Waals surface area (Å²) in [4.78, 5) is 20.7.